The molecule has 5 rings (SSSR count). The molecular formula is C22H23N5O2S2. The number of nitrogens with zero attached hydrogens (tertiary/aromatic N) is 4. The third-order valence-corrected chi connectivity index (χ3v) is 8.78. The van der Waals surface area contributed by atoms with Gasteiger partial charge in [-0.25, -0.2) is 18.4 Å². The van der Waals surface area contributed by atoms with Gasteiger partial charge in [-0.3, -0.25) is 4.72 Å². The van der Waals surface area contributed by atoms with E-state index >= 15 is 0 Å². The highest BCUT2D eigenvalue weighted by molar-refractivity contribution is 7.94. The summed E-state index contributed by atoms with van der Waals surface area (Å²) in [5.41, 5.74) is 6.29. The molecule has 1 aromatic carbocycles. The average Bonchev–Trinajstić information content (AvgIpc) is 3.38. The van der Waals surface area contributed by atoms with Crippen molar-refractivity contribution >= 4 is 43.8 Å². The van der Waals surface area contributed by atoms with Crippen molar-refractivity contribution in [3.8, 4) is 11.1 Å². The molecule has 0 atom stereocenters. The molecule has 0 amide bonds. The molecule has 0 unspecified atom stereocenters. The maximum Gasteiger partial charge on any atom is 0.273 e. The number of fused-ring (bicyclic) bond motifs is 2. The molecule has 3 aromatic heterocycles. The number of likely N-dealkylation sites (N-methyl/N-ethyl adjacent to an activating group) is 1. The Kier molecular flexibility index (Phi) is 4.56. The number of hydrogen-bond donors (Lipinski definition) is 1. The zero-order chi connectivity index (χ0) is 21.9. The van der Waals surface area contributed by atoms with Crippen LogP contribution >= 0.6 is 11.3 Å². The number of anilines is 2. The van der Waals surface area contributed by atoms with E-state index in [1.807, 2.05) is 24.7 Å². The Balaban J connectivity index is 1.66. The van der Waals surface area contributed by atoms with Crippen LogP contribution in [0.25, 0.3) is 22.2 Å². The van der Waals surface area contributed by atoms with E-state index in [9.17, 15) is 8.42 Å². The van der Waals surface area contributed by atoms with Gasteiger partial charge in [0.05, 0.1) is 21.8 Å². The standard InChI is InChI=1S/C22H23N5O2S2/c1-13-22(30-14(2)24-13)31(28,29)25-18-7-9-23-21-20(18)17(12-27(21)4)16-6-5-15-8-10-26(3)19(15)11-16/h5-7,9,11-12H,8,10H2,1-4H3,(H,23,25). The van der Waals surface area contributed by atoms with Crippen LogP contribution in [0.2, 0.25) is 0 Å². The van der Waals surface area contributed by atoms with Crippen molar-refractivity contribution in [2.24, 2.45) is 7.05 Å². The minimum absolute atomic E-state index is 0.242. The van der Waals surface area contributed by atoms with Crippen molar-refractivity contribution in [3.63, 3.8) is 0 Å². The molecule has 4 aromatic rings. The molecule has 31 heavy (non-hydrogen) atoms. The van der Waals surface area contributed by atoms with Crippen LogP contribution in [0.5, 0.6) is 0 Å². The minimum Gasteiger partial charge on any atom is -0.374 e. The smallest absolute Gasteiger partial charge is 0.273 e. The molecule has 1 N–H and O–H groups in total. The molecule has 1 aliphatic rings. The van der Waals surface area contributed by atoms with Crippen molar-refractivity contribution in [1.82, 2.24) is 14.5 Å². The van der Waals surface area contributed by atoms with E-state index in [0.29, 0.717) is 11.4 Å². The molecule has 4 heterocycles. The van der Waals surface area contributed by atoms with Crippen LogP contribution in [0.15, 0.2) is 40.9 Å². The normalized spacial score (nSPS) is 13.7. The Morgan fingerprint density at radius 2 is 1.97 bits per heavy atom. The number of pyridine rings is 1. The number of benzene rings is 1. The van der Waals surface area contributed by atoms with Gasteiger partial charge in [-0.2, -0.15) is 0 Å². The molecule has 0 spiro atoms. The number of sulfonamides is 1. The highest BCUT2D eigenvalue weighted by Gasteiger charge is 2.24. The highest BCUT2D eigenvalue weighted by Crippen LogP contribution is 2.39. The monoisotopic (exact) mass is 453 g/mol. The first-order valence-electron chi connectivity index (χ1n) is 10.00. The molecule has 0 saturated carbocycles. The molecule has 0 saturated heterocycles. The Bertz CT molecular complexity index is 1440. The molecule has 1 aliphatic heterocycles. The van der Waals surface area contributed by atoms with Crippen molar-refractivity contribution in [2.75, 3.05) is 23.2 Å². The lowest BCUT2D eigenvalue weighted by atomic mass is 10.0. The summed E-state index contributed by atoms with van der Waals surface area (Å²) in [5.74, 6) is 0. The third-order valence-electron chi connectivity index (χ3n) is 5.73. The molecule has 9 heteroatoms. The fraction of sp³-hybridized carbons (Fsp3) is 0.273. The molecule has 0 radical (unpaired) electrons. The zero-order valence-corrected chi connectivity index (χ0v) is 19.4. The van der Waals surface area contributed by atoms with Crippen LogP contribution in [0.4, 0.5) is 11.4 Å². The zero-order valence-electron chi connectivity index (χ0n) is 17.8. The first-order valence-corrected chi connectivity index (χ1v) is 12.3. The lowest BCUT2D eigenvalue weighted by Crippen LogP contribution is -2.13. The quantitative estimate of drug-likeness (QED) is 0.503. The van der Waals surface area contributed by atoms with Crippen LogP contribution in [0.3, 0.4) is 0 Å². The van der Waals surface area contributed by atoms with E-state index in [0.717, 1.165) is 40.1 Å². The van der Waals surface area contributed by atoms with Crippen LogP contribution < -0.4 is 9.62 Å². The van der Waals surface area contributed by atoms with Gasteiger partial charge in [-0.1, -0.05) is 12.1 Å². The van der Waals surface area contributed by atoms with Crippen LogP contribution in [0, 0.1) is 13.8 Å². The maximum absolute atomic E-state index is 13.2. The Labute approximate surface area is 185 Å². The molecule has 0 bridgehead atoms. The first-order chi connectivity index (χ1) is 14.7. The number of aryl methyl sites for hydroxylation is 3. The molecule has 0 aliphatic carbocycles. The molecular weight excluding hydrogens is 430 g/mol. The first kappa shape index (κ1) is 20.0. The fourth-order valence-corrected chi connectivity index (χ4v) is 6.82. The molecule has 7 nitrogen and oxygen atoms in total. The minimum atomic E-state index is -3.76. The predicted molar refractivity (Wildman–Crippen MR) is 126 cm³/mol. The van der Waals surface area contributed by atoms with Crippen molar-refractivity contribution in [1.29, 1.82) is 0 Å². The van der Waals surface area contributed by atoms with E-state index in [1.165, 1.54) is 22.6 Å². The van der Waals surface area contributed by atoms with E-state index in [2.05, 4.69) is 44.8 Å². The van der Waals surface area contributed by atoms with Gasteiger partial charge in [0.2, 0.25) is 0 Å². The van der Waals surface area contributed by atoms with Crippen molar-refractivity contribution < 1.29 is 8.42 Å². The number of aromatic nitrogens is 3. The number of rotatable bonds is 4. The Morgan fingerprint density at radius 3 is 2.71 bits per heavy atom. The van der Waals surface area contributed by atoms with Gasteiger partial charge < -0.3 is 9.47 Å². The summed E-state index contributed by atoms with van der Waals surface area (Å²) in [6, 6.07) is 8.16. The van der Waals surface area contributed by atoms with Gasteiger partial charge in [0.15, 0.2) is 4.21 Å². The fourth-order valence-electron chi connectivity index (χ4n) is 4.27. The maximum atomic E-state index is 13.2. The second-order valence-electron chi connectivity index (χ2n) is 7.94. The number of nitrogens with one attached hydrogen (secondary N) is 1. The van der Waals surface area contributed by atoms with Crippen LogP contribution in [0.1, 0.15) is 16.3 Å². The summed E-state index contributed by atoms with van der Waals surface area (Å²) in [7, 11) is 0.258. The van der Waals surface area contributed by atoms with Gasteiger partial charge >= 0.3 is 0 Å². The Hall–Kier alpha value is -2.91. The van der Waals surface area contributed by atoms with Gasteiger partial charge in [0.25, 0.3) is 10.0 Å². The van der Waals surface area contributed by atoms with Crippen molar-refractivity contribution in [2.45, 2.75) is 24.5 Å². The van der Waals surface area contributed by atoms with E-state index in [-0.39, 0.29) is 4.21 Å². The summed E-state index contributed by atoms with van der Waals surface area (Å²) in [4.78, 5) is 11.0. The van der Waals surface area contributed by atoms with Crippen LogP contribution in [-0.4, -0.2) is 36.5 Å². The second-order valence-corrected chi connectivity index (χ2v) is 11.0. The predicted octanol–water partition coefficient (Wildman–Crippen LogP) is 4.11. The number of thiazole rings is 1. The molecule has 0 fully saturated rings. The third kappa shape index (κ3) is 3.28. The summed E-state index contributed by atoms with van der Waals surface area (Å²) in [6.45, 7) is 4.53. The van der Waals surface area contributed by atoms with Gasteiger partial charge in [-0.05, 0) is 43.5 Å². The topological polar surface area (TPSA) is 80.1 Å². The summed E-state index contributed by atoms with van der Waals surface area (Å²) < 4.78 is 31.3. The van der Waals surface area contributed by atoms with Gasteiger partial charge in [0.1, 0.15) is 5.65 Å². The summed E-state index contributed by atoms with van der Waals surface area (Å²) in [6.07, 6.45) is 4.68. The summed E-state index contributed by atoms with van der Waals surface area (Å²) >= 11 is 1.18. The summed E-state index contributed by atoms with van der Waals surface area (Å²) in [5, 5.41) is 1.51. The largest absolute Gasteiger partial charge is 0.374 e. The highest BCUT2D eigenvalue weighted by atomic mass is 32.2. The van der Waals surface area contributed by atoms with Gasteiger partial charge in [0, 0.05) is 44.3 Å². The lowest BCUT2D eigenvalue weighted by Gasteiger charge is -2.13. The molecule has 160 valence electrons. The van der Waals surface area contributed by atoms with Crippen molar-refractivity contribution in [3.05, 3.63) is 52.9 Å². The van der Waals surface area contributed by atoms with Gasteiger partial charge in [-0.15, -0.1) is 11.3 Å². The lowest BCUT2D eigenvalue weighted by molar-refractivity contribution is 0.602. The average molecular weight is 454 g/mol. The Morgan fingerprint density at radius 1 is 1.16 bits per heavy atom. The van der Waals surface area contributed by atoms with E-state index < -0.39 is 10.0 Å². The van der Waals surface area contributed by atoms with Crippen LogP contribution in [-0.2, 0) is 23.5 Å². The second kappa shape index (κ2) is 7.06. The van der Waals surface area contributed by atoms with E-state index in [1.54, 1.807) is 19.2 Å². The SMILES string of the molecule is Cc1nc(C)c(S(=O)(=O)Nc2ccnc3c2c(-c2ccc4c(c2)N(C)CC4)cn3C)s1. The van der Waals surface area contributed by atoms with E-state index in [4.69, 9.17) is 0 Å². The number of hydrogen-bond acceptors (Lipinski definition) is 6.